The lowest BCUT2D eigenvalue weighted by Crippen LogP contribution is -2.45. The molecule has 0 heterocycles. The molecule has 2 aromatic carbocycles. The lowest BCUT2D eigenvalue weighted by molar-refractivity contribution is -0.131. The number of hydrogen-bond donors (Lipinski definition) is 3. The van der Waals surface area contributed by atoms with Crippen molar-refractivity contribution in [3.8, 4) is 0 Å². The molecule has 0 bridgehead atoms. The highest BCUT2D eigenvalue weighted by atomic mass is 16.5. The van der Waals surface area contributed by atoms with E-state index in [0.29, 0.717) is 12.5 Å². The lowest BCUT2D eigenvalue weighted by atomic mass is 9.88. The van der Waals surface area contributed by atoms with Crippen LogP contribution in [-0.4, -0.2) is 41.0 Å². The summed E-state index contributed by atoms with van der Waals surface area (Å²) in [7, 11) is 0. The van der Waals surface area contributed by atoms with E-state index in [2.05, 4.69) is 43.4 Å². The van der Waals surface area contributed by atoms with Gasteiger partial charge in [-0.1, -0.05) is 42.5 Å². The van der Waals surface area contributed by atoms with Gasteiger partial charge in [-0.2, -0.15) is 0 Å². The highest BCUT2D eigenvalue weighted by Gasteiger charge is 2.28. The lowest BCUT2D eigenvalue weighted by Gasteiger charge is -2.31. The van der Waals surface area contributed by atoms with Crippen LogP contribution in [-0.2, 0) is 22.4 Å². The largest absolute Gasteiger partial charge is 0.478 e. The average molecular weight is 452 g/mol. The molecular weight excluding hydrogens is 414 g/mol. The highest BCUT2D eigenvalue weighted by Crippen LogP contribution is 2.32. The number of aliphatic hydroxyl groups is 1. The first-order chi connectivity index (χ1) is 15.6. The second kappa shape index (κ2) is 11.1. The van der Waals surface area contributed by atoms with Gasteiger partial charge in [0.05, 0.1) is 18.8 Å². The number of nitrogens with one attached hydrogen (secondary N) is 1. The second-order valence-electron chi connectivity index (χ2n) is 9.89. The van der Waals surface area contributed by atoms with Crippen molar-refractivity contribution in [1.29, 1.82) is 0 Å². The first-order valence-electron chi connectivity index (χ1n) is 11.8. The molecule has 178 valence electrons. The predicted molar refractivity (Wildman–Crippen MR) is 132 cm³/mol. The van der Waals surface area contributed by atoms with Crippen molar-refractivity contribution in [3.05, 3.63) is 76.4 Å². The van der Waals surface area contributed by atoms with Gasteiger partial charge in [-0.25, -0.2) is 4.79 Å². The predicted octanol–water partition coefficient (Wildman–Crippen LogP) is 4.70. The molecule has 5 nitrogen and oxygen atoms in total. The van der Waals surface area contributed by atoms with E-state index in [1.165, 1.54) is 11.1 Å². The van der Waals surface area contributed by atoms with Crippen molar-refractivity contribution in [3.63, 3.8) is 0 Å². The van der Waals surface area contributed by atoms with E-state index in [-0.39, 0.29) is 18.2 Å². The van der Waals surface area contributed by atoms with Crippen LogP contribution in [0, 0.1) is 12.8 Å². The van der Waals surface area contributed by atoms with Crippen LogP contribution in [0.4, 0.5) is 0 Å². The number of benzene rings is 2. The van der Waals surface area contributed by atoms with E-state index in [9.17, 15) is 9.90 Å². The zero-order valence-corrected chi connectivity index (χ0v) is 20.2. The van der Waals surface area contributed by atoms with Crippen molar-refractivity contribution in [2.24, 2.45) is 5.92 Å². The fourth-order valence-corrected chi connectivity index (χ4v) is 4.83. The van der Waals surface area contributed by atoms with Crippen LogP contribution >= 0.6 is 0 Å². The quantitative estimate of drug-likeness (QED) is 0.432. The molecule has 3 rings (SSSR count). The Bertz CT molecular complexity index is 957. The number of hydrogen-bond acceptors (Lipinski definition) is 4. The molecular formula is C28H37NO4. The Kier molecular flexibility index (Phi) is 8.46. The maximum atomic E-state index is 10.9. The van der Waals surface area contributed by atoms with Gasteiger partial charge < -0.3 is 20.3 Å². The van der Waals surface area contributed by atoms with Gasteiger partial charge in [0.2, 0.25) is 0 Å². The molecule has 0 unspecified atom stereocenters. The molecule has 5 heteroatoms. The zero-order chi connectivity index (χ0) is 24.0. The van der Waals surface area contributed by atoms with E-state index in [1.54, 1.807) is 6.08 Å². The molecule has 0 spiro atoms. The number of carbonyl (C=O) groups is 1. The molecule has 2 atom stereocenters. The Hall–Kier alpha value is -2.47. The first kappa shape index (κ1) is 25.2. The summed E-state index contributed by atoms with van der Waals surface area (Å²) in [6, 6.07) is 14.5. The number of aliphatic hydroxyl groups excluding tert-OH is 1. The molecule has 33 heavy (non-hydrogen) atoms. The molecule has 1 aliphatic carbocycles. The Morgan fingerprint density at radius 1 is 1.18 bits per heavy atom. The molecule has 0 radical (unpaired) electrons. The summed E-state index contributed by atoms with van der Waals surface area (Å²) in [5.41, 5.74) is 5.60. The Morgan fingerprint density at radius 2 is 1.85 bits per heavy atom. The van der Waals surface area contributed by atoms with Gasteiger partial charge >= 0.3 is 5.97 Å². The summed E-state index contributed by atoms with van der Waals surface area (Å²) in [6.07, 6.45) is 5.15. The molecule has 0 saturated heterocycles. The molecule has 2 aromatic rings. The van der Waals surface area contributed by atoms with Gasteiger partial charge in [0.25, 0.3) is 0 Å². The van der Waals surface area contributed by atoms with Gasteiger partial charge in [0.15, 0.2) is 0 Å². The van der Waals surface area contributed by atoms with Crippen LogP contribution in [0.5, 0.6) is 0 Å². The zero-order valence-electron chi connectivity index (χ0n) is 20.2. The molecule has 0 amide bonds. The molecule has 0 aromatic heterocycles. The van der Waals surface area contributed by atoms with Crippen molar-refractivity contribution < 1.29 is 19.7 Å². The summed E-state index contributed by atoms with van der Waals surface area (Å²) < 4.78 is 5.96. The number of aryl methyl sites for hydroxylation is 1. The van der Waals surface area contributed by atoms with E-state index in [0.717, 1.165) is 42.0 Å². The standard InChI is InChI=1S/C28H37NO4/c1-19-8-7-11-26(25(19)12-13-27(31)32)20(2)33-18-24(30)17-29-28(3,4)16-21-14-22-9-5-6-10-23(22)15-21/h5-13,20-21,24,29-30H,14-18H2,1-4H3,(H,31,32)/b13-12+/t20-,24-/m1/s1. The van der Waals surface area contributed by atoms with Crippen LogP contribution in [0.25, 0.3) is 6.08 Å². The third-order valence-corrected chi connectivity index (χ3v) is 6.48. The monoisotopic (exact) mass is 451 g/mol. The maximum absolute atomic E-state index is 10.9. The van der Waals surface area contributed by atoms with Gasteiger partial charge in [-0.3, -0.25) is 0 Å². The van der Waals surface area contributed by atoms with Crippen LogP contribution in [0.3, 0.4) is 0 Å². The fourth-order valence-electron chi connectivity index (χ4n) is 4.83. The van der Waals surface area contributed by atoms with Crippen LogP contribution < -0.4 is 5.32 Å². The maximum Gasteiger partial charge on any atom is 0.328 e. The fraction of sp³-hybridized carbons (Fsp3) is 0.464. The van der Waals surface area contributed by atoms with Gasteiger partial charge in [-0.05, 0) is 86.8 Å². The number of fused-ring (bicyclic) bond motifs is 1. The van der Waals surface area contributed by atoms with Gasteiger partial charge in [-0.15, -0.1) is 0 Å². The SMILES string of the molecule is Cc1cccc([C@@H](C)OC[C@H](O)CNC(C)(C)CC2Cc3ccccc3C2)c1/C=C/C(=O)O. The average Bonchev–Trinajstić information content (AvgIpc) is 3.16. The van der Waals surface area contributed by atoms with Crippen molar-refractivity contribution in [2.45, 2.75) is 64.7 Å². The van der Waals surface area contributed by atoms with Gasteiger partial charge in [0, 0.05) is 18.2 Å². The minimum Gasteiger partial charge on any atom is -0.478 e. The summed E-state index contributed by atoms with van der Waals surface area (Å²) in [5.74, 6) is -0.361. The van der Waals surface area contributed by atoms with Crippen LogP contribution in [0.2, 0.25) is 0 Å². The third kappa shape index (κ3) is 7.26. The highest BCUT2D eigenvalue weighted by molar-refractivity contribution is 5.86. The van der Waals surface area contributed by atoms with Crippen molar-refractivity contribution in [2.75, 3.05) is 13.2 Å². The molecule has 3 N–H and O–H groups in total. The Labute approximate surface area is 197 Å². The Morgan fingerprint density at radius 3 is 2.48 bits per heavy atom. The number of β-amino-alcohol motifs (C(OH)–C–C–N with tert-alkyl or cyclic N) is 1. The molecule has 0 saturated carbocycles. The van der Waals surface area contributed by atoms with E-state index < -0.39 is 12.1 Å². The van der Waals surface area contributed by atoms with E-state index in [1.807, 2.05) is 32.0 Å². The number of carboxylic acid groups (broad SMARTS) is 1. The topological polar surface area (TPSA) is 78.8 Å². The number of carboxylic acids is 1. The summed E-state index contributed by atoms with van der Waals surface area (Å²) in [5, 5.41) is 23.0. The summed E-state index contributed by atoms with van der Waals surface area (Å²) >= 11 is 0. The number of rotatable bonds is 11. The molecule has 1 aliphatic rings. The second-order valence-corrected chi connectivity index (χ2v) is 9.89. The Balaban J connectivity index is 1.48. The van der Waals surface area contributed by atoms with Crippen molar-refractivity contribution >= 4 is 12.0 Å². The normalized spacial score (nSPS) is 16.2. The van der Waals surface area contributed by atoms with Crippen LogP contribution in [0.1, 0.15) is 61.1 Å². The number of aliphatic carboxylic acids is 1. The van der Waals surface area contributed by atoms with E-state index >= 15 is 0 Å². The number of ether oxygens (including phenoxy) is 1. The summed E-state index contributed by atoms with van der Waals surface area (Å²) in [6.45, 7) is 8.92. The molecule has 0 fully saturated rings. The minimum absolute atomic E-state index is 0.0787. The smallest absolute Gasteiger partial charge is 0.328 e. The van der Waals surface area contributed by atoms with Crippen molar-refractivity contribution in [1.82, 2.24) is 5.32 Å². The van der Waals surface area contributed by atoms with Gasteiger partial charge in [0.1, 0.15) is 0 Å². The third-order valence-electron chi connectivity index (χ3n) is 6.48. The van der Waals surface area contributed by atoms with E-state index in [4.69, 9.17) is 9.84 Å². The first-order valence-corrected chi connectivity index (χ1v) is 11.8. The minimum atomic E-state index is -0.983. The summed E-state index contributed by atoms with van der Waals surface area (Å²) in [4.78, 5) is 10.9. The molecule has 0 aliphatic heterocycles. The van der Waals surface area contributed by atoms with Crippen LogP contribution in [0.15, 0.2) is 48.5 Å².